The van der Waals surface area contributed by atoms with E-state index in [2.05, 4.69) is 24.0 Å². The van der Waals surface area contributed by atoms with Gasteiger partial charge < -0.3 is 15.4 Å². The highest BCUT2D eigenvalue weighted by Gasteiger charge is 2.21. The van der Waals surface area contributed by atoms with Crippen molar-refractivity contribution in [3.05, 3.63) is 42.0 Å². The first-order valence-electron chi connectivity index (χ1n) is 6.89. The lowest BCUT2D eigenvalue weighted by molar-refractivity contribution is 0.0991. The molecule has 0 saturated carbocycles. The quantitative estimate of drug-likeness (QED) is 0.650. The summed E-state index contributed by atoms with van der Waals surface area (Å²) in [6.07, 6.45) is 0. The lowest BCUT2D eigenvalue weighted by atomic mass is 10.0. The van der Waals surface area contributed by atoms with Crippen molar-refractivity contribution >= 4 is 22.3 Å². The molecule has 1 saturated heterocycles. The fraction of sp³-hybridized carbons (Fsp3) is 0.312. The molecule has 0 aliphatic carbocycles. The lowest BCUT2D eigenvalue weighted by Crippen LogP contribution is -2.43. The molecule has 1 atom stereocenters. The van der Waals surface area contributed by atoms with Gasteiger partial charge in [0.2, 0.25) is 0 Å². The van der Waals surface area contributed by atoms with E-state index in [9.17, 15) is 0 Å². The van der Waals surface area contributed by atoms with E-state index in [0.29, 0.717) is 6.04 Å². The second-order valence-electron chi connectivity index (χ2n) is 5.21. The van der Waals surface area contributed by atoms with Gasteiger partial charge in [-0.25, -0.2) is 0 Å². The zero-order valence-electron chi connectivity index (χ0n) is 11.6. The van der Waals surface area contributed by atoms with Crippen molar-refractivity contribution in [3.63, 3.8) is 0 Å². The molecule has 3 N–H and O–H groups in total. The van der Waals surface area contributed by atoms with Gasteiger partial charge in [0.15, 0.2) is 0 Å². The third-order valence-electron chi connectivity index (χ3n) is 3.87. The molecule has 1 aliphatic heterocycles. The van der Waals surface area contributed by atoms with Crippen molar-refractivity contribution in [1.29, 1.82) is 5.41 Å². The summed E-state index contributed by atoms with van der Waals surface area (Å²) >= 11 is 0. The van der Waals surface area contributed by atoms with Gasteiger partial charge in [-0.3, -0.25) is 5.41 Å². The first kappa shape index (κ1) is 12.9. The number of nitrogens with zero attached hydrogens (tertiary/aromatic N) is 1. The van der Waals surface area contributed by atoms with E-state index in [4.69, 9.17) is 15.9 Å². The number of ether oxygens (including phenoxy) is 1. The van der Waals surface area contributed by atoms with Crippen LogP contribution in [0.25, 0.3) is 10.8 Å². The molecule has 0 bridgehead atoms. The van der Waals surface area contributed by atoms with Crippen LogP contribution in [0, 0.1) is 5.41 Å². The van der Waals surface area contributed by atoms with Gasteiger partial charge in [-0.2, -0.15) is 0 Å². The van der Waals surface area contributed by atoms with Gasteiger partial charge in [-0.1, -0.05) is 24.3 Å². The predicted octanol–water partition coefficient (Wildman–Crippen LogP) is 2.35. The highest BCUT2D eigenvalue weighted by atomic mass is 16.5. The summed E-state index contributed by atoms with van der Waals surface area (Å²) in [5, 5.41) is 9.90. The van der Waals surface area contributed by atoms with E-state index >= 15 is 0 Å². The van der Waals surface area contributed by atoms with Crippen LogP contribution in [-0.2, 0) is 4.74 Å². The Morgan fingerprint density at radius 1 is 1.25 bits per heavy atom. The molecule has 0 amide bonds. The number of benzene rings is 2. The van der Waals surface area contributed by atoms with E-state index < -0.39 is 0 Å². The molecule has 0 radical (unpaired) electrons. The van der Waals surface area contributed by atoms with Gasteiger partial charge in [0.1, 0.15) is 5.84 Å². The highest BCUT2D eigenvalue weighted by Crippen LogP contribution is 2.31. The van der Waals surface area contributed by atoms with Crippen molar-refractivity contribution < 1.29 is 4.74 Å². The average molecular weight is 269 g/mol. The molecule has 1 aliphatic rings. The van der Waals surface area contributed by atoms with Gasteiger partial charge in [0.25, 0.3) is 0 Å². The molecule has 0 aromatic heterocycles. The summed E-state index contributed by atoms with van der Waals surface area (Å²) < 4.78 is 5.51. The Kier molecular flexibility index (Phi) is 3.32. The summed E-state index contributed by atoms with van der Waals surface area (Å²) in [5.41, 5.74) is 7.68. The molecule has 104 valence electrons. The Balaban J connectivity index is 2.17. The monoisotopic (exact) mass is 269 g/mol. The van der Waals surface area contributed by atoms with Gasteiger partial charge in [-0.15, -0.1) is 0 Å². The first-order chi connectivity index (χ1) is 9.68. The summed E-state index contributed by atoms with van der Waals surface area (Å²) in [6, 6.07) is 12.5. The maximum Gasteiger partial charge on any atom is 0.123 e. The number of rotatable bonds is 2. The van der Waals surface area contributed by atoms with Crippen LogP contribution < -0.4 is 10.6 Å². The zero-order valence-corrected chi connectivity index (χ0v) is 11.6. The smallest absolute Gasteiger partial charge is 0.123 e. The van der Waals surface area contributed by atoms with Crippen LogP contribution in [0.5, 0.6) is 0 Å². The number of hydrogen-bond acceptors (Lipinski definition) is 3. The van der Waals surface area contributed by atoms with E-state index in [1.54, 1.807) is 0 Å². The molecule has 1 heterocycles. The van der Waals surface area contributed by atoms with Crippen LogP contribution in [-0.4, -0.2) is 31.6 Å². The second-order valence-corrected chi connectivity index (χ2v) is 5.21. The van der Waals surface area contributed by atoms with Crippen LogP contribution >= 0.6 is 0 Å². The largest absolute Gasteiger partial charge is 0.384 e. The van der Waals surface area contributed by atoms with Crippen LogP contribution in [0.15, 0.2) is 36.4 Å². The van der Waals surface area contributed by atoms with Crippen molar-refractivity contribution in [2.45, 2.75) is 13.0 Å². The van der Waals surface area contributed by atoms with E-state index in [0.717, 1.165) is 36.1 Å². The summed E-state index contributed by atoms with van der Waals surface area (Å²) in [5.74, 6) is 0.114. The number of amidine groups is 1. The van der Waals surface area contributed by atoms with Gasteiger partial charge in [0.05, 0.1) is 13.2 Å². The molecule has 20 heavy (non-hydrogen) atoms. The van der Waals surface area contributed by atoms with E-state index in [-0.39, 0.29) is 5.84 Å². The van der Waals surface area contributed by atoms with E-state index in [1.165, 1.54) is 5.69 Å². The minimum atomic E-state index is 0.114. The molecule has 1 fully saturated rings. The Morgan fingerprint density at radius 2 is 2.00 bits per heavy atom. The number of nitrogens with two attached hydrogens (primary N) is 1. The molecular weight excluding hydrogens is 250 g/mol. The van der Waals surface area contributed by atoms with Crippen molar-refractivity contribution in [2.75, 3.05) is 24.7 Å². The lowest BCUT2D eigenvalue weighted by Gasteiger charge is -2.36. The molecular formula is C16H19N3O. The number of fused-ring (bicyclic) bond motifs is 1. The van der Waals surface area contributed by atoms with Gasteiger partial charge >= 0.3 is 0 Å². The van der Waals surface area contributed by atoms with Gasteiger partial charge in [0, 0.05) is 29.2 Å². The fourth-order valence-corrected chi connectivity index (χ4v) is 2.85. The number of hydrogen-bond donors (Lipinski definition) is 2. The molecule has 1 unspecified atom stereocenters. The van der Waals surface area contributed by atoms with Crippen LogP contribution in [0.2, 0.25) is 0 Å². The molecule has 2 aromatic carbocycles. The molecule has 4 heteroatoms. The third kappa shape index (κ3) is 2.12. The van der Waals surface area contributed by atoms with Crippen LogP contribution in [0.1, 0.15) is 12.5 Å². The number of morpholine rings is 1. The summed E-state index contributed by atoms with van der Waals surface area (Å²) in [6.45, 7) is 4.58. The predicted molar refractivity (Wildman–Crippen MR) is 82.6 cm³/mol. The van der Waals surface area contributed by atoms with Crippen LogP contribution in [0.4, 0.5) is 5.69 Å². The van der Waals surface area contributed by atoms with Gasteiger partial charge in [-0.05, 0) is 24.4 Å². The summed E-state index contributed by atoms with van der Waals surface area (Å²) in [7, 11) is 0. The molecule has 3 rings (SSSR count). The first-order valence-corrected chi connectivity index (χ1v) is 6.89. The Bertz CT molecular complexity index is 653. The minimum Gasteiger partial charge on any atom is -0.384 e. The number of nitrogens with one attached hydrogen (secondary N) is 1. The minimum absolute atomic E-state index is 0.114. The molecule has 4 nitrogen and oxygen atoms in total. The Labute approximate surface area is 118 Å². The molecule has 0 spiro atoms. The van der Waals surface area contributed by atoms with Crippen molar-refractivity contribution in [2.24, 2.45) is 5.73 Å². The van der Waals surface area contributed by atoms with Crippen LogP contribution in [0.3, 0.4) is 0 Å². The Morgan fingerprint density at radius 3 is 2.70 bits per heavy atom. The third-order valence-corrected chi connectivity index (χ3v) is 3.87. The SMILES string of the molecule is CC1COCCN1c1ccc(C(=N)N)c2ccccc12. The number of anilines is 1. The maximum atomic E-state index is 7.72. The zero-order chi connectivity index (χ0) is 14.1. The fourth-order valence-electron chi connectivity index (χ4n) is 2.85. The molecule has 2 aromatic rings. The number of nitrogen functional groups attached to an aromatic ring is 1. The standard InChI is InChI=1S/C16H19N3O/c1-11-10-20-9-8-19(11)15-7-6-14(16(17)18)12-4-2-3-5-13(12)15/h2-7,11H,8-10H2,1H3,(H3,17,18). The topological polar surface area (TPSA) is 62.3 Å². The second kappa shape index (κ2) is 5.13. The normalized spacial score (nSPS) is 19.2. The van der Waals surface area contributed by atoms with E-state index in [1.807, 2.05) is 24.3 Å². The van der Waals surface area contributed by atoms with Crippen molar-refractivity contribution in [3.8, 4) is 0 Å². The maximum absolute atomic E-state index is 7.72. The average Bonchev–Trinajstić information content (AvgIpc) is 2.46. The van der Waals surface area contributed by atoms with Crippen molar-refractivity contribution in [1.82, 2.24) is 0 Å². The Hall–Kier alpha value is -2.07. The highest BCUT2D eigenvalue weighted by molar-refractivity contribution is 6.10. The summed E-state index contributed by atoms with van der Waals surface area (Å²) in [4.78, 5) is 2.37.